The summed E-state index contributed by atoms with van der Waals surface area (Å²) >= 11 is 4.97. The molecule has 2 rings (SSSR count). The number of thiocarbonyl (C=S) groups is 1. The van der Waals surface area contributed by atoms with Crippen LogP contribution in [0.15, 0.2) is 18.2 Å². The molecule has 3 N–H and O–H groups in total. The fraction of sp³-hybridized carbons (Fsp3) is 0.533. The van der Waals surface area contributed by atoms with Crippen LogP contribution in [-0.4, -0.2) is 35.6 Å². The summed E-state index contributed by atoms with van der Waals surface area (Å²) in [6.07, 6.45) is 3.89. The highest BCUT2D eigenvalue weighted by atomic mass is 32.1. The van der Waals surface area contributed by atoms with Crippen molar-refractivity contribution in [2.45, 2.75) is 32.2 Å². The van der Waals surface area contributed by atoms with E-state index in [2.05, 4.69) is 17.1 Å². The van der Waals surface area contributed by atoms with Crippen LogP contribution in [0.4, 0.5) is 10.1 Å². The van der Waals surface area contributed by atoms with Gasteiger partial charge in [0.25, 0.3) is 0 Å². The van der Waals surface area contributed by atoms with Crippen LogP contribution in [0.25, 0.3) is 0 Å². The summed E-state index contributed by atoms with van der Waals surface area (Å²) in [5, 5.41) is 3.34. The molecule has 1 atom stereocenters. The average Bonchev–Trinajstić information content (AvgIpc) is 2.46. The number of benzene rings is 1. The van der Waals surface area contributed by atoms with E-state index in [4.69, 9.17) is 18.0 Å². The van der Waals surface area contributed by atoms with Crippen LogP contribution in [-0.2, 0) is 0 Å². The van der Waals surface area contributed by atoms with Gasteiger partial charge >= 0.3 is 0 Å². The summed E-state index contributed by atoms with van der Waals surface area (Å²) in [7, 11) is 0. The predicted molar refractivity (Wildman–Crippen MR) is 85.7 cm³/mol. The van der Waals surface area contributed by atoms with E-state index >= 15 is 0 Å². The van der Waals surface area contributed by atoms with Gasteiger partial charge in [-0.1, -0.05) is 18.6 Å². The van der Waals surface area contributed by atoms with Gasteiger partial charge in [-0.3, -0.25) is 4.90 Å². The van der Waals surface area contributed by atoms with Crippen LogP contribution in [0.5, 0.6) is 0 Å². The zero-order valence-electron chi connectivity index (χ0n) is 11.9. The Morgan fingerprint density at radius 3 is 2.75 bits per heavy atom. The fourth-order valence-corrected chi connectivity index (χ4v) is 2.79. The van der Waals surface area contributed by atoms with Gasteiger partial charge in [0.05, 0.1) is 0 Å². The molecule has 0 aliphatic carbocycles. The number of hydrogen-bond donors (Lipinski definition) is 2. The lowest BCUT2D eigenvalue weighted by Gasteiger charge is -2.32. The lowest BCUT2D eigenvalue weighted by molar-refractivity contribution is 0.180. The zero-order chi connectivity index (χ0) is 14.5. The van der Waals surface area contributed by atoms with Gasteiger partial charge in [-0.2, -0.15) is 0 Å². The fourth-order valence-electron chi connectivity index (χ4n) is 2.62. The van der Waals surface area contributed by atoms with E-state index in [9.17, 15) is 4.39 Å². The molecule has 1 aliphatic rings. The van der Waals surface area contributed by atoms with Gasteiger partial charge in [0.1, 0.15) is 10.8 Å². The van der Waals surface area contributed by atoms with Crippen molar-refractivity contribution in [3.05, 3.63) is 29.6 Å². The summed E-state index contributed by atoms with van der Waals surface area (Å²) in [5.41, 5.74) is 7.03. The molecule has 3 nitrogen and oxygen atoms in total. The average molecular weight is 295 g/mol. The van der Waals surface area contributed by atoms with Crippen molar-refractivity contribution in [2.75, 3.05) is 25.0 Å². The maximum absolute atomic E-state index is 13.2. The molecular formula is C15H22FN3S. The topological polar surface area (TPSA) is 41.3 Å². The normalized spacial score (nSPS) is 17.7. The van der Waals surface area contributed by atoms with Crippen LogP contribution in [0.3, 0.4) is 0 Å². The smallest absolute Gasteiger partial charge is 0.124 e. The Hall–Kier alpha value is -1.20. The Balaban J connectivity index is 1.97. The van der Waals surface area contributed by atoms with Crippen LogP contribution in [0, 0.1) is 5.82 Å². The second kappa shape index (κ2) is 6.99. The Morgan fingerprint density at radius 1 is 1.40 bits per heavy atom. The number of nitrogens with one attached hydrogen (secondary N) is 1. The number of nitrogens with two attached hydrogens (primary N) is 1. The van der Waals surface area contributed by atoms with Crippen molar-refractivity contribution in [3.8, 4) is 0 Å². The maximum Gasteiger partial charge on any atom is 0.124 e. The largest absolute Gasteiger partial charge is 0.389 e. The molecule has 5 heteroatoms. The first-order valence-electron chi connectivity index (χ1n) is 7.15. The zero-order valence-corrected chi connectivity index (χ0v) is 12.7. The SMILES string of the molecule is CC(CNc1ccc(F)cc1C(N)=S)N1CCCCC1. The molecule has 0 saturated carbocycles. The molecule has 0 bridgehead atoms. The number of anilines is 1. The molecule has 1 saturated heterocycles. The van der Waals surface area contributed by atoms with Crippen molar-refractivity contribution in [2.24, 2.45) is 5.73 Å². The number of likely N-dealkylation sites (tertiary alicyclic amines) is 1. The van der Waals surface area contributed by atoms with Crippen LogP contribution in [0.1, 0.15) is 31.7 Å². The molecule has 1 unspecified atom stereocenters. The second-order valence-corrected chi connectivity index (χ2v) is 5.82. The number of rotatable bonds is 5. The Bertz CT molecular complexity index is 472. The van der Waals surface area contributed by atoms with Gasteiger partial charge in [0.2, 0.25) is 0 Å². The van der Waals surface area contributed by atoms with Gasteiger partial charge in [0.15, 0.2) is 0 Å². The van der Waals surface area contributed by atoms with Crippen molar-refractivity contribution in [3.63, 3.8) is 0 Å². The second-order valence-electron chi connectivity index (χ2n) is 5.38. The van der Waals surface area contributed by atoms with Crippen molar-refractivity contribution in [1.29, 1.82) is 0 Å². The lowest BCUT2D eigenvalue weighted by Crippen LogP contribution is -2.41. The minimum absolute atomic E-state index is 0.220. The predicted octanol–water partition coefficient (Wildman–Crippen LogP) is 2.75. The molecule has 0 radical (unpaired) electrons. The Kier molecular flexibility index (Phi) is 5.31. The first-order valence-corrected chi connectivity index (χ1v) is 7.56. The molecule has 1 aliphatic heterocycles. The summed E-state index contributed by atoms with van der Waals surface area (Å²) in [6, 6.07) is 4.96. The summed E-state index contributed by atoms with van der Waals surface area (Å²) in [5.74, 6) is -0.317. The standard InChI is InChI=1S/C15H22FN3S/c1-11(19-7-3-2-4-8-19)10-18-14-6-5-12(16)9-13(14)15(17)20/h5-6,9,11,18H,2-4,7-8,10H2,1H3,(H2,17,20). The minimum Gasteiger partial charge on any atom is -0.389 e. The van der Waals surface area contributed by atoms with E-state index in [0.717, 1.165) is 25.3 Å². The quantitative estimate of drug-likeness (QED) is 0.820. The third kappa shape index (κ3) is 3.90. The Labute approximate surface area is 125 Å². The van der Waals surface area contributed by atoms with Crippen LogP contribution < -0.4 is 11.1 Å². The molecule has 1 heterocycles. The molecule has 0 amide bonds. The van der Waals surface area contributed by atoms with Gasteiger partial charge in [-0.25, -0.2) is 4.39 Å². The first-order chi connectivity index (χ1) is 9.58. The van der Waals surface area contributed by atoms with Crippen molar-refractivity contribution >= 4 is 22.9 Å². The van der Waals surface area contributed by atoms with Crippen molar-refractivity contribution in [1.82, 2.24) is 4.90 Å². The van der Waals surface area contributed by atoms with Crippen LogP contribution in [0.2, 0.25) is 0 Å². The van der Waals surface area contributed by atoms with E-state index < -0.39 is 0 Å². The number of nitrogens with zero attached hydrogens (tertiary/aromatic N) is 1. The maximum atomic E-state index is 13.2. The lowest BCUT2D eigenvalue weighted by atomic mass is 10.1. The minimum atomic E-state index is -0.317. The first kappa shape index (κ1) is 15.2. The third-order valence-corrected chi connectivity index (χ3v) is 4.07. The highest BCUT2D eigenvalue weighted by molar-refractivity contribution is 7.80. The van der Waals surface area contributed by atoms with E-state index in [1.807, 2.05) is 0 Å². The van der Waals surface area contributed by atoms with E-state index in [1.54, 1.807) is 6.07 Å². The molecule has 1 aromatic rings. The summed E-state index contributed by atoms with van der Waals surface area (Å²) in [6.45, 7) is 5.34. The summed E-state index contributed by atoms with van der Waals surface area (Å²) in [4.78, 5) is 2.71. The molecular weight excluding hydrogens is 273 g/mol. The van der Waals surface area contributed by atoms with Gasteiger partial charge < -0.3 is 11.1 Å². The van der Waals surface area contributed by atoms with Gasteiger partial charge in [0, 0.05) is 23.8 Å². The van der Waals surface area contributed by atoms with Crippen LogP contribution >= 0.6 is 12.2 Å². The molecule has 1 fully saturated rings. The number of hydrogen-bond acceptors (Lipinski definition) is 3. The number of halogens is 1. The Morgan fingerprint density at radius 2 is 2.10 bits per heavy atom. The third-order valence-electron chi connectivity index (χ3n) is 3.85. The highest BCUT2D eigenvalue weighted by Crippen LogP contribution is 2.18. The van der Waals surface area contributed by atoms with Crippen molar-refractivity contribution < 1.29 is 4.39 Å². The van der Waals surface area contributed by atoms with Gasteiger partial charge in [-0.15, -0.1) is 0 Å². The van der Waals surface area contributed by atoms with Gasteiger partial charge in [-0.05, 0) is 51.1 Å². The summed E-state index contributed by atoms with van der Waals surface area (Å²) < 4.78 is 13.2. The van der Waals surface area contributed by atoms with E-state index in [1.165, 1.54) is 31.4 Å². The molecule has 20 heavy (non-hydrogen) atoms. The molecule has 0 spiro atoms. The molecule has 110 valence electrons. The van der Waals surface area contributed by atoms with E-state index in [0.29, 0.717) is 11.6 Å². The number of piperidine rings is 1. The van der Waals surface area contributed by atoms with E-state index in [-0.39, 0.29) is 10.8 Å². The molecule has 0 aromatic heterocycles. The monoisotopic (exact) mass is 295 g/mol. The highest BCUT2D eigenvalue weighted by Gasteiger charge is 2.17. The molecule has 1 aromatic carbocycles.